The van der Waals surface area contributed by atoms with Crippen LogP contribution in [0.4, 0.5) is 0 Å². The van der Waals surface area contributed by atoms with Crippen molar-refractivity contribution >= 4 is 21.4 Å². The first-order valence-electron chi connectivity index (χ1n) is 6.97. The first kappa shape index (κ1) is 14.5. The van der Waals surface area contributed by atoms with Crippen molar-refractivity contribution < 1.29 is 13.2 Å². The molecule has 0 radical (unpaired) electrons. The summed E-state index contributed by atoms with van der Waals surface area (Å²) in [6, 6.07) is 3.50. The smallest absolute Gasteiger partial charge is 0.250 e. The number of likely N-dealkylation sites (tertiary alicyclic amines) is 1. The van der Waals surface area contributed by atoms with Gasteiger partial charge in [-0.3, -0.25) is 4.90 Å². The normalized spacial score (nSPS) is 27.1. The average molecular weight is 316 g/mol. The molecule has 3 rings (SSSR count). The summed E-state index contributed by atoms with van der Waals surface area (Å²) < 4.78 is 33.0. The molecule has 1 aromatic rings. The Labute approximate surface area is 124 Å². The monoisotopic (exact) mass is 316 g/mol. The number of nitrogens with one attached hydrogen (secondary N) is 1. The second-order valence-corrected chi connectivity index (χ2v) is 8.76. The quantitative estimate of drug-likeness (QED) is 0.887. The number of sulfonamides is 1. The molecule has 2 fully saturated rings. The van der Waals surface area contributed by atoms with Gasteiger partial charge in [-0.05, 0) is 31.9 Å². The molecule has 0 spiro atoms. The maximum Gasteiger partial charge on any atom is 0.250 e. The summed E-state index contributed by atoms with van der Waals surface area (Å²) in [5.74, 6) is 0. The Morgan fingerprint density at radius 1 is 1.35 bits per heavy atom. The molecule has 112 valence electrons. The highest BCUT2D eigenvalue weighted by atomic mass is 32.2. The lowest BCUT2D eigenvalue weighted by molar-refractivity contribution is -0.0373. The molecule has 20 heavy (non-hydrogen) atoms. The number of ether oxygens (including phenoxy) is 1. The Hall–Kier alpha value is -0.470. The van der Waals surface area contributed by atoms with Gasteiger partial charge < -0.3 is 4.74 Å². The minimum atomic E-state index is -3.34. The van der Waals surface area contributed by atoms with Crippen molar-refractivity contribution in [3.63, 3.8) is 0 Å². The predicted octanol–water partition coefficient (Wildman–Crippen LogP) is 1.20. The van der Waals surface area contributed by atoms with E-state index in [2.05, 4.69) is 9.62 Å². The molecule has 0 amide bonds. The molecule has 0 aromatic carbocycles. The second kappa shape index (κ2) is 5.73. The molecule has 2 bridgehead atoms. The zero-order valence-corrected chi connectivity index (χ0v) is 13.2. The summed E-state index contributed by atoms with van der Waals surface area (Å²) in [5, 5.41) is 0. The summed E-state index contributed by atoms with van der Waals surface area (Å²) in [5.41, 5.74) is 0. The maximum atomic E-state index is 12.1. The number of hydrogen-bond acceptors (Lipinski definition) is 5. The van der Waals surface area contributed by atoms with Crippen LogP contribution >= 0.6 is 11.3 Å². The van der Waals surface area contributed by atoms with Gasteiger partial charge in [-0.25, -0.2) is 13.1 Å². The Bertz CT molecular complexity index is 558. The highest BCUT2D eigenvalue weighted by Gasteiger charge is 2.33. The van der Waals surface area contributed by atoms with Crippen LogP contribution in [0.3, 0.4) is 0 Å². The van der Waals surface area contributed by atoms with Gasteiger partial charge in [0.15, 0.2) is 0 Å². The van der Waals surface area contributed by atoms with Crippen molar-refractivity contribution in [1.29, 1.82) is 0 Å². The molecule has 5 nitrogen and oxygen atoms in total. The Kier molecular flexibility index (Phi) is 4.14. The summed E-state index contributed by atoms with van der Waals surface area (Å²) >= 11 is 1.31. The third-order valence-corrected chi connectivity index (χ3v) is 6.77. The van der Waals surface area contributed by atoms with E-state index < -0.39 is 10.0 Å². The summed E-state index contributed by atoms with van der Waals surface area (Å²) in [6.45, 7) is 4.97. The SMILES string of the molecule is Cc1ccc(S(=O)(=O)NCCN2CC3CCC(C2)O3)s1. The first-order valence-corrected chi connectivity index (χ1v) is 9.27. The van der Waals surface area contributed by atoms with Gasteiger partial charge in [0, 0.05) is 31.1 Å². The van der Waals surface area contributed by atoms with Crippen LogP contribution in [0.2, 0.25) is 0 Å². The molecule has 2 aliphatic heterocycles. The van der Waals surface area contributed by atoms with E-state index in [1.165, 1.54) is 11.3 Å². The number of morpholine rings is 1. The molecule has 0 saturated carbocycles. The summed E-state index contributed by atoms with van der Waals surface area (Å²) in [7, 11) is -3.34. The van der Waals surface area contributed by atoms with E-state index in [0.29, 0.717) is 23.0 Å². The van der Waals surface area contributed by atoms with Crippen LogP contribution in [-0.2, 0) is 14.8 Å². The van der Waals surface area contributed by atoms with E-state index in [4.69, 9.17) is 4.74 Å². The van der Waals surface area contributed by atoms with E-state index >= 15 is 0 Å². The zero-order chi connectivity index (χ0) is 14.2. The van der Waals surface area contributed by atoms with Gasteiger partial charge in [0.1, 0.15) is 4.21 Å². The molecule has 0 aliphatic carbocycles. The fraction of sp³-hybridized carbons (Fsp3) is 0.692. The number of aryl methyl sites for hydroxylation is 1. The predicted molar refractivity (Wildman–Crippen MR) is 78.6 cm³/mol. The van der Waals surface area contributed by atoms with E-state index in [1.807, 2.05) is 13.0 Å². The molecule has 1 N–H and O–H groups in total. The van der Waals surface area contributed by atoms with Gasteiger partial charge in [-0.15, -0.1) is 11.3 Å². The number of nitrogens with zero attached hydrogens (tertiary/aromatic N) is 1. The minimum Gasteiger partial charge on any atom is -0.372 e. The van der Waals surface area contributed by atoms with Gasteiger partial charge in [-0.1, -0.05) is 0 Å². The average Bonchev–Trinajstić information content (AvgIpc) is 2.96. The van der Waals surface area contributed by atoms with Gasteiger partial charge in [-0.2, -0.15) is 0 Å². The highest BCUT2D eigenvalue weighted by molar-refractivity contribution is 7.91. The lowest BCUT2D eigenvalue weighted by Gasteiger charge is -2.31. The van der Waals surface area contributed by atoms with E-state index in [0.717, 1.165) is 37.4 Å². The van der Waals surface area contributed by atoms with Gasteiger partial charge in [0.05, 0.1) is 12.2 Å². The first-order chi connectivity index (χ1) is 9.53. The molecule has 3 heterocycles. The number of rotatable bonds is 5. The van der Waals surface area contributed by atoms with Crippen LogP contribution in [0.15, 0.2) is 16.3 Å². The molecule has 7 heteroatoms. The molecular formula is C13H20N2O3S2. The lowest BCUT2D eigenvalue weighted by Crippen LogP contribution is -2.45. The number of hydrogen-bond donors (Lipinski definition) is 1. The van der Waals surface area contributed by atoms with E-state index in [9.17, 15) is 8.42 Å². The van der Waals surface area contributed by atoms with Crippen LogP contribution < -0.4 is 4.72 Å². The fourth-order valence-corrected chi connectivity index (χ4v) is 5.20. The Balaban J connectivity index is 1.50. The molecule has 2 atom stereocenters. The van der Waals surface area contributed by atoms with Gasteiger partial charge in [0.25, 0.3) is 0 Å². The van der Waals surface area contributed by atoms with Crippen LogP contribution in [0.5, 0.6) is 0 Å². The molecular weight excluding hydrogens is 296 g/mol. The van der Waals surface area contributed by atoms with Crippen LogP contribution in [-0.4, -0.2) is 51.7 Å². The Morgan fingerprint density at radius 3 is 2.65 bits per heavy atom. The third kappa shape index (κ3) is 3.23. The number of thiophene rings is 1. The minimum absolute atomic E-state index is 0.352. The molecule has 2 aliphatic rings. The third-order valence-electron chi connectivity index (χ3n) is 3.82. The largest absolute Gasteiger partial charge is 0.372 e. The van der Waals surface area contributed by atoms with Crippen LogP contribution in [0, 0.1) is 6.92 Å². The second-order valence-electron chi connectivity index (χ2n) is 5.48. The van der Waals surface area contributed by atoms with Gasteiger partial charge in [0.2, 0.25) is 10.0 Å². The summed E-state index contributed by atoms with van der Waals surface area (Å²) in [4.78, 5) is 3.31. The zero-order valence-electron chi connectivity index (χ0n) is 11.5. The van der Waals surface area contributed by atoms with E-state index in [1.54, 1.807) is 6.07 Å². The van der Waals surface area contributed by atoms with Gasteiger partial charge >= 0.3 is 0 Å². The van der Waals surface area contributed by atoms with Crippen molar-refractivity contribution in [3.8, 4) is 0 Å². The molecule has 1 aromatic heterocycles. The van der Waals surface area contributed by atoms with Crippen molar-refractivity contribution in [1.82, 2.24) is 9.62 Å². The molecule has 2 unspecified atom stereocenters. The van der Waals surface area contributed by atoms with Crippen molar-refractivity contribution in [2.75, 3.05) is 26.2 Å². The highest BCUT2D eigenvalue weighted by Crippen LogP contribution is 2.26. The maximum absolute atomic E-state index is 12.1. The van der Waals surface area contributed by atoms with Crippen molar-refractivity contribution in [2.24, 2.45) is 0 Å². The van der Waals surface area contributed by atoms with Crippen molar-refractivity contribution in [3.05, 3.63) is 17.0 Å². The molecule has 2 saturated heterocycles. The lowest BCUT2D eigenvalue weighted by atomic mass is 10.2. The Morgan fingerprint density at radius 2 is 2.05 bits per heavy atom. The fourth-order valence-electron chi connectivity index (χ4n) is 2.85. The van der Waals surface area contributed by atoms with Crippen LogP contribution in [0.25, 0.3) is 0 Å². The number of fused-ring (bicyclic) bond motifs is 2. The van der Waals surface area contributed by atoms with E-state index in [-0.39, 0.29) is 0 Å². The summed E-state index contributed by atoms with van der Waals surface area (Å²) in [6.07, 6.45) is 2.98. The van der Waals surface area contributed by atoms with Crippen LogP contribution in [0.1, 0.15) is 17.7 Å². The van der Waals surface area contributed by atoms with Crippen molar-refractivity contribution in [2.45, 2.75) is 36.2 Å². The standard InChI is InChI=1S/C13H20N2O3S2/c1-10-2-5-13(19-10)20(16,17)14-6-7-15-8-11-3-4-12(9-15)18-11/h2,5,11-12,14H,3-4,6-9H2,1H3. The topological polar surface area (TPSA) is 58.6 Å².